The highest BCUT2D eigenvalue weighted by Crippen LogP contribution is 2.14. The van der Waals surface area contributed by atoms with Gasteiger partial charge in [0, 0.05) is 12.2 Å². The zero-order valence-corrected chi connectivity index (χ0v) is 11.4. The van der Waals surface area contributed by atoms with Crippen LogP contribution in [0.1, 0.15) is 0 Å². The molecule has 0 bridgehead atoms. The average Bonchev–Trinajstić information content (AvgIpc) is 2.48. The Morgan fingerprint density at radius 1 is 0.600 bits per heavy atom. The molecule has 0 aliphatic carbocycles. The van der Waals surface area contributed by atoms with Crippen molar-refractivity contribution in [2.75, 3.05) is 28.4 Å². The molecular weight excluding hydrogens is 272 g/mol. The van der Waals surface area contributed by atoms with Crippen LogP contribution in [-0.4, -0.2) is 52.3 Å². The molecule has 0 N–H and O–H groups in total. The number of carbonyl (C=O) groups is 4. The second kappa shape index (κ2) is 8.46. The van der Waals surface area contributed by atoms with Crippen molar-refractivity contribution in [3.05, 3.63) is 23.3 Å². The van der Waals surface area contributed by atoms with E-state index in [0.717, 1.165) is 28.4 Å². The summed E-state index contributed by atoms with van der Waals surface area (Å²) in [5, 5.41) is 0. The number of ether oxygens (including phenoxy) is 4. The van der Waals surface area contributed by atoms with E-state index in [2.05, 4.69) is 18.9 Å². The number of hydrogen-bond donors (Lipinski definition) is 0. The number of esters is 4. The Hall–Kier alpha value is -2.64. The lowest BCUT2D eigenvalue weighted by atomic mass is 10.1. The van der Waals surface area contributed by atoms with Crippen LogP contribution in [0.15, 0.2) is 23.3 Å². The fraction of sp³-hybridized carbons (Fsp3) is 0.333. The standard InChI is InChI=1S/C12H14O8/c1-17-9(13)5-7(11(15)19-3)8(12(16)20-4)6-10(14)18-2/h5-6H,1-4H3/b7-5+,8-6+. The van der Waals surface area contributed by atoms with Crippen LogP contribution in [0.5, 0.6) is 0 Å². The van der Waals surface area contributed by atoms with Crippen molar-refractivity contribution < 1.29 is 38.1 Å². The van der Waals surface area contributed by atoms with Crippen LogP contribution in [0.3, 0.4) is 0 Å². The topological polar surface area (TPSA) is 105 Å². The molecule has 0 fully saturated rings. The molecule has 0 radical (unpaired) electrons. The van der Waals surface area contributed by atoms with Gasteiger partial charge >= 0.3 is 23.9 Å². The van der Waals surface area contributed by atoms with Gasteiger partial charge in [0.25, 0.3) is 0 Å². The van der Waals surface area contributed by atoms with Crippen LogP contribution < -0.4 is 0 Å². The summed E-state index contributed by atoms with van der Waals surface area (Å²) in [7, 11) is 4.24. The lowest BCUT2D eigenvalue weighted by Gasteiger charge is -2.08. The SMILES string of the molecule is COC(=O)/C=C(C(=O)OC)\C(=C/C(=O)OC)C(=O)OC. The fourth-order valence-corrected chi connectivity index (χ4v) is 1.07. The monoisotopic (exact) mass is 286 g/mol. The number of methoxy groups -OCH3 is 4. The quantitative estimate of drug-likeness (QED) is 0.289. The maximum atomic E-state index is 11.6. The molecule has 8 nitrogen and oxygen atoms in total. The predicted octanol–water partition coefficient (Wildman–Crippen LogP) is -0.469. The Kier molecular flexibility index (Phi) is 7.34. The summed E-state index contributed by atoms with van der Waals surface area (Å²) in [4.78, 5) is 45.6. The normalized spacial score (nSPS) is 11.4. The smallest absolute Gasteiger partial charge is 0.339 e. The number of hydrogen-bond acceptors (Lipinski definition) is 8. The minimum atomic E-state index is -1.02. The van der Waals surface area contributed by atoms with Crippen molar-refractivity contribution in [3.63, 3.8) is 0 Å². The molecule has 20 heavy (non-hydrogen) atoms. The highest BCUT2D eigenvalue weighted by Gasteiger charge is 2.25. The molecule has 0 spiro atoms. The van der Waals surface area contributed by atoms with E-state index in [1.807, 2.05) is 0 Å². The van der Waals surface area contributed by atoms with Crippen molar-refractivity contribution in [1.29, 1.82) is 0 Å². The molecule has 0 aromatic carbocycles. The lowest BCUT2D eigenvalue weighted by molar-refractivity contribution is -0.140. The zero-order chi connectivity index (χ0) is 15.7. The van der Waals surface area contributed by atoms with Gasteiger partial charge in [-0.1, -0.05) is 0 Å². The summed E-state index contributed by atoms with van der Waals surface area (Å²) in [6, 6.07) is 0. The molecule has 0 aromatic rings. The van der Waals surface area contributed by atoms with E-state index < -0.39 is 35.0 Å². The number of carbonyl (C=O) groups excluding carboxylic acids is 4. The third-order valence-electron chi connectivity index (χ3n) is 2.03. The van der Waals surface area contributed by atoms with Crippen molar-refractivity contribution in [2.45, 2.75) is 0 Å². The summed E-state index contributed by atoms with van der Waals surface area (Å²) in [5.74, 6) is -3.86. The predicted molar refractivity (Wildman–Crippen MR) is 64.2 cm³/mol. The highest BCUT2D eigenvalue weighted by atomic mass is 16.5. The van der Waals surface area contributed by atoms with Crippen LogP contribution in [0.25, 0.3) is 0 Å². The van der Waals surface area contributed by atoms with E-state index in [9.17, 15) is 19.2 Å². The van der Waals surface area contributed by atoms with Crippen LogP contribution >= 0.6 is 0 Å². The first kappa shape index (κ1) is 17.4. The largest absolute Gasteiger partial charge is 0.466 e. The Balaban J connectivity index is 5.89. The van der Waals surface area contributed by atoms with E-state index >= 15 is 0 Å². The van der Waals surface area contributed by atoms with Gasteiger partial charge in [-0.15, -0.1) is 0 Å². The zero-order valence-electron chi connectivity index (χ0n) is 11.4. The third kappa shape index (κ3) is 4.92. The first-order valence-corrected chi connectivity index (χ1v) is 5.17. The first-order valence-electron chi connectivity index (χ1n) is 5.17. The maximum absolute atomic E-state index is 11.6. The third-order valence-corrected chi connectivity index (χ3v) is 2.03. The van der Waals surface area contributed by atoms with E-state index in [1.54, 1.807) is 0 Å². The van der Waals surface area contributed by atoms with Crippen molar-refractivity contribution >= 4 is 23.9 Å². The molecule has 8 heteroatoms. The van der Waals surface area contributed by atoms with Crippen LogP contribution in [0, 0.1) is 0 Å². The molecular formula is C12H14O8. The molecule has 0 rings (SSSR count). The minimum Gasteiger partial charge on any atom is -0.466 e. The summed E-state index contributed by atoms with van der Waals surface area (Å²) < 4.78 is 17.6. The van der Waals surface area contributed by atoms with Gasteiger partial charge in [-0.05, 0) is 0 Å². The molecule has 0 atom stereocenters. The van der Waals surface area contributed by atoms with Gasteiger partial charge in [0.05, 0.1) is 39.6 Å². The Bertz CT molecular complexity index is 428. The van der Waals surface area contributed by atoms with Crippen molar-refractivity contribution in [2.24, 2.45) is 0 Å². The van der Waals surface area contributed by atoms with Gasteiger partial charge in [0.2, 0.25) is 0 Å². The second-order valence-corrected chi connectivity index (χ2v) is 3.15. The summed E-state index contributed by atoms with van der Waals surface area (Å²) in [6.45, 7) is 0. The lowest BCUT2D eigenvalue weighted by Crippen LogP contribution is -2.18. The number of rotatable bonds is 5. The minimum absolute atomic E-state index is 0.489. The maximum Gasteiger partial charge on any atom is 0.339 e. The van der Waals surface area contributed by atoms with Gasteiger partial charge in [-0.25, -0.2) is 19.2 Å². The Labute approximate surface area is 114 Å². The van der Waals surface area contributed by atoms with Crippen molar-refractivity contribution in [3.8, 4) is 0 Å². The summed E-state index contributed by atoms with van der Waals surface area (Å²) in [5.41, 5.74) is -0.979. The molecule has 110 valence electrons. The van der Waals surface area contributed by atoms with Gasteiger partial charge in [-0.2, -0.15) is 0 Å². The van der Waals surface area contributed by atoms with Crippen LogP contribution in [-0.2, 0) is 38.1 Å². The van der Waals surface area contributed by atoms with Gasteiger partial charge in [0.1, 0.15) is 0 Å². The van der Waals surface area contributed by atoms with E-state index in [1.165, 1.54) is 0 Å². The van der Waals surface area contributed by atoms with Crippen molar-refractivity contribution in [1.82, 2.24) is 0 Å². The first-order chi connectivity index (χ1) is 9.40. The average molecular weight is 286 g/mol. The fourth-order valence-electron chi connectivity index (χ4n) is 1.07. The summed E-state index contributed by atoms with van der Waals surface area (Å²) >= 11 is 0. The molecule has 0 aromatic heterocycles. The van der Waals surface area contributed by atoms with Crippen LogP contribution in [0.4, 0.5) is 0 Å². The molecule has 0 heterocycles. The molecule has 0 unspecified atom stereocenters. The van der Waals surface area contributed by atoms with E-state index in [-0.39, 0.29) is 0 Å². The second-order valence-electron chi connectivity index (χ2n) is 3.15. The molecule has 0 amide bonds. The van der Waals surface area contributed by atoms with Crippen LogP contribution in [0.2, 0.25) is 0 Å². The van der Waals surface area contributed by atoms with Gasteiger partial charge in [0.15, 0.2) is 0 Å². The summed E-state index contributed by atoms with van der Waals surface area (Å²) in [6.07, 6.45) is 1.41. The van der Waals surface area contributed by atoms with E-state index in [0.29, 0.717) is 12.2 Å². The highest BCUT2D eigenvalue weighted by molar-refractivity contribution is 6.12. The van der Waals surface area contributed by atoms with Gasteiger partial charge < -0.3 is 18.9 Å². The Morgan fingerprint density at radius 2 is 0.900 bits per heavy atom. The molecule has 0 aliphatic heterocycles. The van der Waals surface area contributed by atoms with E-state index in [4.69, 9.17) is 0 Å². The Morgan fingerprint density at radius 3 is 1.10 bits per heavy atom. The molecule has 0 saturated heterocycles. The van der Waals surface area contributed by atoms with Gasteiger partial charge in [-0.3, -0.25) is 0 Å². The molecule has 0 saturated carbocycles. The molecule has 0 aliphatic rings.